The van der Waals surface area contributed by atoms with Gasteiger partial charge in [0.1, 0.15) is 16.0 Å². The van der Waals surface area contributed by atoms with Gasteiger partial charge in [-0.25, -0.2) is 4.90 Å². The van der Waals surface area contributed by atoms with Gasteiger partial charge in [-0.2, -0.15) is 0 Å². The van der Waals surface area contributed by atoms with Gasteiger partial charge in [0.15, 0.2) is 4.34 Å². The Balaban J connectivity index is 1.85. The Kier molecular flexibility index (Phi) is 4.12. The SMILES string of the molecule is COc1ccccc1N1C(=O)CC(Sc2nnc(C)s2)C1=O. The van der Waals surface area contributed by atoms with Crippen LogP contribution in [0.5, 0.6) is 5.75 Å². The Labute approximate surface area is 135 Å². The number of hydrogen-bond acceptors (Lipinski definition) is 7. The van der Waals surface area contributed by atoms with Crippen molar-refractivity contribution in [3.05, 3.63) is 29.3 Å². The number of nitrogens with zero attached hydrogens (tertiary/aromatic N) is 3. The zero-order valence-electron chi connectivity index (χ0n) is 12.0. The molecule has 1 atom stereocenters. The number of amides is 2. The van der Waals surface area contributed by atoms with Gasteiger partial charge in [-0.1, -0.05) is 35.2 Å². The number of carbonyl (C=O) groups excluding carboxylic acids is 2. The molecule has 1 unspecified atom stereocenters. The van der Waals surface area contributed by atoms with E-state index in [1.165, 1.54) is 35.1 Å². The van der Waals surface area contributed by atoms with Crippen molar-refractivity contribution in [1.29, 1.82) is 0 Å². The standard InChI is InChI=1S/C14H13N3O3S2/c1-8-15-16-14(21-8)22-11-7-12(18)17(13(11)19)9-5-3-4-6-10(9)20-2/h3-6,11H,7H2,1-2H3. The lowest BCUT2D eigenvalue weighted by Crippen LogP contribution is -2.31. The number of aryl methyl sites for hydroxylation is 1. The van der Waals surface area contributed by atoms with E-state index in [0.717, 1.165) is 5.01 Å². The van der Waals surface area contributed by atoms with Gasteiger partial charge in [0, 0.05) is 6.42 Å². The van der Waals surface area contributed by atoms with E-state index in [0.29, 0.717) is 15.8 Å². The second kappa shape index (κ2) is 6.05. The third-order valence-corrected chi connectivity index (χ3v) is 5.29. The molecule has 6 nitrogen and oxygen atoms in total. The van der Waals surface area contributed by atoms with Crippen LogP contribution < -0.4 is 9.64 Å². The van der Waals surface area contributed by atoms with Crippen LogP contribution in [0.1, 0.15) is 11.4 Å². The maximum absolute atomic E-state index is 12.6. The maximum atomic E-state index is 12.6. The van der Waals surface area contributed by atoms with E-state index in [-0.39, 0.29) is 18.2 Å². The number of rotatable bonds is 4. The molecule has 0 radical (unpaired) electrons. The lowest BCUT2D eigenvalue weighted by molar-refractivity contribution is -0.121. The molecule has 0 aliphatic carbocycles. The number of aromatic nitrogens is 2. The van der Waals surface area contributed by atoms with Crippen molar-refractivity contribution in [2.45, 2.75) is 22.9 Å². The van der Waals surface area contributed by atoms with E-state index >= 15 is 0 Å². The molecule has 1 aliphatic rings. The summed E-state index contributed by atoms with van der Waals surface area (Å²) < 4.78 is 5.94. The van der Waals surface area contributed by atoms with Crippen LogP contribution in [0.2, 0.25) is 0 Å². The highest BCUT2D eigenvalue weighted by molar-refractivity contribution is 8.02. The molecule has 0 saturated carbocycles. The first-order valence-corrected chi connectivity index (χ1v) is 8.26. The molecule has 2 aromatic rings. The Morgan fingerprint density at radius 2 is 2.09 bits per heavy atom. The van der Waals surface area contributed by atoms with Gasteiger partial charge < -0.3 is 4.74 Å². The van der Waals surface area contributed by atoms with Crippen molar-refractivity contribution in [2.24, 2.45) is 0 Å². The third-order valence-electron chi connectivity index (χ3n) is 3.18. The summed E-state index contributed by atoms with van der Waals surface area (Å²) in [5.41, 5.74) is 0.483. The number of methoxy groups -OCH3 is 1. The second-order valence-corrected chi connectivity index (χ2v) is 7.27. The molecule has 0 N–H and O–H groups in total. The molecular formula is C14H13N3O3S2. The summed E-state index contributed by atoms with van der Waals surface area (Å²) in [4.78, 5) is 26.0. The summed E-state index contributed by atoms with van der Waals surface area (Å²) in [5, 5.41) is 8.29. The lowest BCUT2D eigenvalue weighted by Gasteiger charge is -2.17. The van der Waals surface area contributed by atoms with E-state index in [1.807, 2.05) is 6.92 Å². The molecule has 1 saturated heterocycles. The molecule has 1 fully saturated rings. The lowest BCUT2D eigenvalue weighted by atomic mass is 10.2. The number of benzene rings is 1. The second-order valence-electron chi connectivity index (χ2n) is 4.64. The molecule has 3 rings (SSSR count). The van der Waals surface area contributed by atoms with Crippen LogP contribution in [-0.2, 0) is 9.59 Å². The molecule has 0 spiro atoms. The summed E-state index contributed by atoms with van der Waals surface area (Å²) in [6, 6.07) is 7.00. The van der Waals surface area contributed by atoms with Crippen molar-refractivity contribution in [2.75, 3.05) is 12.0 Å². The van der Waals surface area contributed by atoms with Crippen LogP contribution in [0.3, 0.4) is 0 Å². The molecule has 114 valence electrons. The minimum Gasteiger partial charge on any atom is -0.495 e. The molecule has 0 bridgehead atoms. The average molecular weight is 335 g/mol. The van der Waals surface area contributed by atoms with Crippen LogP contribution in [0.15, 0.2) is 28.6 Å². The number of imide groups is 1. The van der Waals surface area contributed by atoms with Crippen LogP contribution >= 0.6 is 23.1 Å². The Morgan fingerprint density at radius 3 is 2.77 bits per heavy atom. The fraction of sp³-hybridized carbons (Fsp3) is 0.286. The molecule has 2 amide bonds. The molecule has 8 heteroatoms. The molecule has 1 aromatic heterocycles. The van der Waals surface area contributed by atoms with Crippen LogP contribution in [-0.4, -0.2) is 34.4 Å². The fourth-order valence-corrected chi connectivity index (χ4v) is 4.29. The largest absolute Gasteiger partial charge is 0.495 e. The number of para-hydroxylation sites is 2. The highest BCUT2D eigenvalue weighted by Gasteiger charge is 2.41. The number of hydrogen-bond donors (Lipinski definition) is 0. The van der Waals surface area contributed by atoms with Gasteiger partial charge in [0.2, 0.25) is 11.8 Å². The predicted octanol–water partition coefficient (Wildman–Crippen LogP) is 2.28. The van der Waals surface area contributed by atoms with Crippen LogP contribution in [0.25, 0.3) is 0 Å². The van der Waals surface area contributed by atoms with Gasteiger partial charge in [0.25, 0.3) is 0 Å². The maximum Gasteiger partial charge on any atom is 0.247 e. The topological polar surface area (TPSA) is 72.4 Å². The third kappa shape index (κ3) is 2.71. The zero-order chi connectivity index (χ0) is 15.7. The van der Waals surface area contributed by atoms with Gasteiger partial charge in [0.05, 0.1) is 12.8 Å². The van der Waals surface area contributed by atoms with Gasteiger partial charge in [-0.15, -0.1) is 10.2 Å². The van der Waals surface area contributed by atoms with Crippen LogP contribution in [0.4, 0.5) is 5.69 Å². The fourth-order valence-electron chi connectivity index (χ4n) is 2.21. The van der Waals surface area contributed by atoms with E-state index in [9.17, 15) is 9.59 Å². The Hall–Kier alpha value is -1.93. The molecule has 2 heterocycles. The summed E-state index contributed by atoms with van der Waals surface area (Å²) in [6.45, 7) is 1.85. The molecule has 1 aromatic carbocycles. The first-order valence-electron chi connectivity index (χ1n) is 6.56. The minimum absolute atomic E-state index is 0.153. The number of anilines is 1. The number of thioether (sulfide) groups is 1. The van der Waals surface area contributed by atoms with Crippen molar-refractivity contribution >= 4 is 40.6 Å². The molecular weight excluding hydrogens is 322 g/mol. The quantitative estimate of drug-likeness (QED) is 0.798. The first-order chi connectivity index (χ1) is 10.6. The highest BCUT2D eigenvalue weighted by atomic mass is 32.2. The van der Waals surface area contributed by atoms with E-state index in [2.05, 4.69) is 10.2 Å². The highest BCUT2D eigenvalue weighted by Crippen LogP contribution is 2.37. The molecule has 22 heavy (non-hydrogen) atoms. The Bertz CT molecular complexity index is 732. The predicted molar refractivity (Wildman–Crippen MR) is 84.4 cm³/mol. The van der Waals surface area contributed by atoms with Gasteiger partial charge >= 0.3 is 0 Å². The first kappa shape index (κ1) is 15.0. The van der Waals surface area contributed by atoms with Gasteiger partial charge in [-0.05, 0) is 19.1 Å². The summed E-state index contributed by atoms with van der Waals surface area (Å²) in [6.07, 6.45) is 0.153. The van der Waals surface area contributed by atoms with Gasteiger partial charge in [-0.3, -0.25) is 9.59 Å². The average Bonchev–Trinajstić information content (AvgIpc) is 3.03. The van der Waals surface area contributed by atoms with E-state index in [1.54, 1.807) is 24.3 Å². The minimum atomic E-state index is -0.468. The van der Waals surface area contributed by atoms with Crippen molar-refractivity contribution in [3.8, 4) is 5.75 Å². The summed E-state index contributed by atoms with van der Waals surface area (Å²) >= 11 is 2.70. The van der Waals surface area contributed by atoms with Crippen molar-refractivity contribution < 1.29 is 14.3 Å². The summed E-state index contributed by atoms with van der Waals surface area (Å²) in [5.74, 6) is 0.0298. The smallest absolute Gasteiger partial charge is 0.247 e. The number of carbonyl (C=O) groups is 2. The van der Waals surface area contributed by atoms with Crippen molar-refractivity contribution in [3.63, 3.8) is 0 Å². The number of ether oxygens (including phenoxy) is 1. The summed E-state index contributed by atoms with van der Waals surface area (Å²) in [7, 11) is 1.51. The normalized spacial score (nSPS) is 18.1. The zero-order valence-corrected chi connectivity index (χ0v) is 13.6. The Morgan fingerprint density at radius 1 is 1.32 bits per heavy atom. The van der Waals surface area contributed by atoms with Crippen LogP contribution in [0, 0.1) is 6.92 Å². The van der Waals surface area contributed by atoms with E-state index < -0.39 is 5.25 Å². The van der Waals surface area contributed by atoms with E-state index in [4.69, 9.17) is 4.74 Å². The monoisotopic (exact) mass is 335 g/mol. The van der Waals surface area contributed by atoms with Crippen molar-refractivity contribution in [1.82, 2.24) is 10.2 Å². The molecule has 1 aliphatic heterocycles.